The molecule has 0 radical (unpaired) electrons. The summed E-state index contributed by atoms with van der Waals surface area (Å²) in [6.07, 6.45) is 20.5. The van der Waals surface area contributed by atoms with Gasteiger partial charge in [-0.25, -0.2) is 0 Å². The molecule has 0 aromatic rings. The van der Waals surface area contributed by atoms with Gasteiger partial charge in [0.2, 0.25) is 0 Å². The van der Waals surface area contributed by atoms with Crippen LogP contribution in [0.4, 0.5) is 0 Å². The Labute approximate surface area is 137 Å². The second-order valence-corrected chi connectivity index (χ2v) is 7.06. The van der Waals surface area contributed by atoms with Crippen LogP contribution in [0.1, 0.15) is 84.5 Å². The van der Waals surface area contributed by atoms with Gasteiger partial charge in [-0.2, -0.15) is 0 Å². The zero-order chi connectivity index (χ0) is 16.3. The Morgan fingerprint density at radius 1 is 1.18 bits per heavy atom. The normalized spacial score (nSPS) is 20.7. The quantitative estimate of drug-likeness (QED) is 0.492. The van der Waals surface area contributed by atoms with E-state index in [-0.39, 0.29) is 12.1 Å². The second-order valence-electron chi connectivity index (χ2n) is 7.06. The van der Waals surface area contributed by atoms with Crippen LogP contribution in [0, 0.1) is 5.92 Å². The Morgan fingerprint density at radius 3 is 2.50 bits per heavy atom. The van der Waals surface area contributed by atoms with Crippen molar-refractivity contribution in [2.24, 2.45) is 11.7 Å². The average molecular weight is 308 g/mol. The van der Waals surface area contributed by atoms with E-state index in [2.05, 4.69) is 32.1 Å². The summed E-state index contributed by atoms with van der Waals surface area (Å²) in [5, 5.41) is 9.38. The van der Waals surface area contributed by atoms with Crippen LogP contribution in [-0.2, 0) is 0 Å². The summed E-state index contributed by atoms with van der Waals surface area (Å²) in [7, 11) is 0. The van der Waals surface area contributed by atoms with Crippen molar-refractivity contribution in [3.8, 4) is 0 Å². The molecule has 2 unspecified atom stereocenters. The molecule has 1 aliphatic rings. The first-order valence-electron chi connectivity index (χ1n) is 9.40. The molecule has 128 valence electrons. The van der Waals surface area contributed by atoms with Gasteiger partial charge in [0.05, 0.1) is 6.61 Å². The van der Waals surface area contributed by atoms with Gasteiger partial charge in [-0.3, -0.25) is 0 Å². The Balaban J connectivity index is 2.16. The maximum Gasteiger partial charge on any atom is 0.0611 e. The first-order valence-corrected chi connectivity index (χ1v) is 9.40. The van der Waals surface area contributed by atoms with Gasteiger partial charge in [0.1, 0.15) is 0 Å². The highest BCUT2D eigenvalue weighted by Gasteiger charge is 2.22. The molecular formula is C20H37NO. The van der Waals surface area contributed by atoms with Crippen molar-refractivity contribution in [1.82, 2.24) is 0 Å². The fourth-order valence-corrected chi connectivity index (χ4v) is 3.06. The Kier molecular flexibility index (Phi) is 9.74. The van der Waals surface area contributed by atoms with Crippen molar-refractivity contribution in [3.63, 3.8) is 0 Å². The summed E-state index contributed by atoms with van der Waals surface area (Å²) >= 11 is 0. The molecule has 0 amide bonds. The number of rotatable bonds is 12. The standard InChI is InChI=1S/C20H37NO/c1-3-5-6-7-8-9-10-18-11-13-19(14-12-18)15-16-20(21,4-2)17-22/h11-13,19,22H,3-10,14-17,21H2,1-2H3. The molecule has 0 aliphatic heterocycles. The van der Waals surface area contributed by atoms with Gasteiger partial charge in [0.15, 0.2) is 0 Å². The van der Waals surface area contributed by atoms with E-state index in [1.165, 1.54) is 50.5 Å². The largest absolute Gasteiger partial charge is 0.394 e. The van der Waals surface area contributed by atoms with Crippen LogP contribution in [0.25, 0.3) is 0 Å². The van der Waals surface area contributed by atoms with Crippen LogP contribution in [0.5, 0.6) is 0 Å². The van der Waals surface area contributed by atoms with E-state index in [9.17, 15) is 5.11 Å². The average Bonchev–Trinajstić information content (AvgIpc) is 2.57. The Morgan fingerprint density at radius 2 is 1.91 bits per heavy atom. The predicted octanol–water partition coefficient (Wildman–Crippen LogP) is 5.12. The van der Waals surface area contributed by atoms with Gasteiger partial charge in [0, 0.05) is 5.54 Å². The fraction of sp³-hybridized carbons (Fsp3) is 0.800. The van der Waals surface area contributed by atoms with Gasteiger partial charge >= 0.3 is 0 Å². The first kappa shape index (κ1) is 19.4. The topological polar surface area (TPSA) is 46.2 Å². The summed E-state index contributed by atoms with van der Waals surface area (Å²) in [6, 6.07) is 0. The minimum Gasteiger partial charge on any atom is -0.394 e. The fourth-order valence-electron chi connectivity index (χ4n) is 3.06. The molecule has 0 bridgehead atoms. The van der Waals surface area contributed by atoms with Crippen LogP contribution in [0.15, 0.2) is 23.8 Å². The third-order valence-corrected chi connectivity index (χ3v) is 5.12. The molecule has 2 heteroatoms. The van der Waals surface area contributed by atoms with E-state index < -0.39 is 0 Å². The summed E-state index contributed by atoms with van der Waals surface area (Å²) in [4.78, 5) is 0. The number of nitrogens with two attached hydrogens (primary N) is 1. The number of aliphatic hydroxyl groups excluding tert-OH is 1. The van der Waals surface area contributed by atoms with Crippen LogP contribution < -0.4 is 5.73 Å². The van der Waals surface area contributed by atoms with E-state index in [1.807, 2.05) is 0 Å². The predicted molar refractivity (Wildman–Crippen MR) is 96.9 cm³/mol. The number of aliphatic hydroxyl groups is 1. The molecule has 3 N–H and O–H groups in total. The minimum absolute atomic E-state index is 0.0963. The maximum absolute atomic E-state index is 9.38. The molecule has 2 nitrogen and oxygen atoms in total. The summed E-state index contributed by atoms with van der Waals surface area (Å²) in [5.41, 5.74) is 7.31. The molecule has 0 heterocycles. The number of unbranched alkanes of at least 4 members (excludes halogenated alkanes) is 5. The van der Waals surface area contributed by atoms with Gasteiger partial charge in [0.25, 0.3) is 0 Å². The van der Waals surface area contributed by atoms with Gasteiger partial charge < -0.3 is 10.8 Å². The highest BCUT2D eigenvalue weighted by molar-refractivity contribution is 5.23. The molecule has 0 aromatic carbocycles. The minimum atomic E-state index is -0.379. The molecule has 22 heavy (non-hydrogen) atoms. The van der Waals surface area contributed by atoms with E-state index in [1.54, 1.807) is 0 Å². The Bertz CT molecular complexity index is 342. The number of hydrogen-bond acceptors (Lipinski definition) is 2. The first-order chi connectivity index (χ1) is 10.6. The van der Waals surface area contributed by atoms with E-state index in [4.69, 9.17) is 5.73 Å². The van der Waals surface area contributed by atoms with Crippen molar-refractivity contribution in [3.05, 3.63) is 23.8 Å². The smallest absolute Gasteiger partial charge is 0.0611 e. The molecule has 1 rings (SSSR count). The zero-order valence-corrected chi connectivity index (χ0v) is 14.8. The molecule has 0 aromatic heterocycles. The summed E-state index contributed by atoms with van der Waals surface area (Å²) in [5.74, 6) is 0.606. The highest BCUT2D eigenvalue weighted by Crippen LogP contribution is 2.26. The van der Waals surface area contributed by atoms with Crippen LogP contribution in [-0.4, -0.2) is 17.3 Å². The van der Waals surface area contributed by atoms with Crippen LogP contribution >= 0.6 is 0 Å². The van der Waals surface area contributed by atoms with E-state index >= 15 is 0 Å². The lowest BCUT2D eigenvalue weighted by Gasteiger charge is -2.27. The SMILES string of the molecule is CCCCCCCCC1=CCC(CCC(N)(CC)CO)C=C1. The highest BCUT2D eigenvalue weighted by atomic mass is 16.3. The molecular weight excluding hydrogens is 270 g/mol. The summed E-state index contributed by atoms with van der Waals surface area (Å²) in [6.45, 7) is 4.42. The number of hydrogen-bond donors (Lipinski definition) is 2. The second kappa shape index (κ2) is 11.0. The lowest BCUT2D eigenvalue weighted by atomic mass is 9.85. The van der Waals surface area contributed by atoms with E-state index in [0.29, 0.717) is 5.92 Å². The van der Waals surface area contributed by atoms with Gasteiger partial charge in [-0.1, -0.05) is 69.8 Å². The van der Waals surface area contributed by atoms with Gasteiger partial charge in [-0.15, -0.1) is 0 Å². The van der Waals surface area contributed by atoms with E-state index in [0.717, 1.165) is 25.7 Å². The van der Waals surface area contributed by atoms with Crippen molar-refractivity contribution < 1.29 is 5.11 Å². The van der Waals surface area contributed by atoms with Crippen LogP contribution in [0.2, 0.25) is 0 Å². The Hall–Kier alpha value is -0.600. The molecule has 2 atom stereocenters. The zero-order valence-electron chi connectivity index (χ0n) is 14.8. The molecule has 0 saturated carbocycles. The lowest BCUT2D eigenvalue weighted by molar-refractivity contribution is 0.176. The number of allylic oxidation sites excluding steroid dienone is 4. The van der Waals surface area contributed by atoms with Crippen molar-refractivity contribution in [2.45, 2.75) is 90.0 Å². The lowest BCUT2D eigenvalue weighted by Crippen LogP contribution is -2.43. The van der Waals surface area contributed by atoms with Crippen molar-refractivity contribution >= 4 is 0 Å². The third kappa shape index (κ3) is 7.60. The monoisotopic (exact) mass is 307 g/mol. The molecule has 1 aliphatic carbocycles. The maximum atomic E-state index is 9.38. The third-order valence-electron chi connectivity index (χ3n) is 5.12. The molecule has 0 fully saturated rings. The molecule has 0 saturated heterocycles. The van der Waals surface area contributed by atoms with Crippen molar-refractivity contribution in [2.75, 3.05) is 6.61 Å². The summed E-state index contributed by atoms with van der Waals surface area (Å²) < 4.78 is 0. The van der Waals surface area contributed by atoms with Crippen LogP contribution in [0.3, 0.4) is 0 Å². The molecule has 0 spiro atoms. The van der Waals surface area contributed by atoms with Gasteiger partial charge in [-0.05, 0) is 44.4 Å². The van der Waals surface area contributed by atoms with Crippen molar-refractivity contribution in [1.29, 1.82) is 0 Å².